The van der Waals surface area contributed by atoms with Crippen molar-refractivity contribution in [2.75, 3.05) is 6.61 Å². The van der Waals surface area contributed by atoms with E-state index in [1.165, 1.54) is 30.4 Å². The molecule has 0 saturated carbocycles. The van der Waals surface area contributed by atoms with E-state index < -0.39 is 24.0 Å². The van der Waals surface area contributed by atoms with E-state index in [0.29, 0.717) is 6.42 Å². The van der Waals surface area contributed by atoms with Gasteiger partial charge in [-0.15, -0.1) is 13.2 Å². The lowest BCUT2D eigenvalue weighted by atomic mass is 10.0. The standard InChI is InChI=1S/C23H26N2O3.C21H22N2O3/c1-5-7-16-8-10-21-18(12-16)19-13-17(9-11-22(19)25(21)4)14-20(24-15(3)26)23(27)28-6-2;1-4-5-14-6-8-19-16(10-14)17-11-15(7-9-20(17)23(19)3)12-18(21(25)26)22-13(2)24/h5,8-13,20H,1,6-7,14H2,2-4H3,(H,24,26);4,6-11,18H,1,5,12H2,2-3H3,(H,22,24)(H,25,26). The van der Waals surface area contributed by atoms with Gasteiger partial charge in [-0.05, 0) is 90.6 Å². The normalized spacial score (nSPS) is 12.2. The van der Waals surface area contributed by atoms with E-state index in [1.54, 1.807) is 6.92 Å². The molecule has 0 saturated heterocycles. The van der Waals surface area contributed by atoms with Gasteiger partial charge in [0, 0.05) is 84.4 Å². The van der Waals surface area contributed by atoms with Crippen LogP contribution >= 0.6 is 0 Å². The molecule has 54 heavy (non-hydrogen) atoms. The molecule has 2 atom stereocenters. The molecule has 0 aliphatic carbocycles. The number of aliphatic carboxylic acids is 1. The molecular formula is C44H48N4O6. The number of rotatable bonds is 13. The summed E-state index contributed by atoms with van der Waals surface area (Å²) >= 11 is 0. The molecule has 0 bridgehead atoms. The molecule has 0 aliphatic rings. The van der Waals surface area contributed by atoms with E-state index in [4.69, 9.17) is 4.74 Å². The van der Waals surface area contributed by atoms with E-state index in [0.717, 1.165) is 62.2 Å². The van der Waals surface area contributed by atoms with Crippen LogP contribution in [0.2, 0.25) is 0 Å². The average Bonchev–Trinajstić information content (AvgIpc) is 3.56. The molecule has 0 aliphatic heterocycles. The SMILES string of the molecule is C=CCc1ccc2c(c1)c1cc(CC(NC(C)=O)C(=O)O)ccc1n2C.C=CCc1ccc2c(c1)c1cc(CC(NC(C)=O)C(=O)OCC)ccc1n2C. The lowest BCUT2D eigenvalue weighted by Crippen LogP contribution is -2.42. The number of carboxylic acid groups (broad SMARTS) is 1. The second-order valence-electron chi connectivity index (χ2n) is 13.5. The number of nitrogens with one attached hydrogen (secondary N) is 2. The summed E-state index contributed by atoms with van der Waals surface area (Å²) in [5, 5.41) is 19.0. The quantitative estimate of drug-likeness (QED) is 0.0880. The van der Waals surface area contributed by atoms with Crippen molar-refractivity contribution in [3.8, 4) is 0 Å². The minimum absolute atomic E-state index is 0.244. The van der Waals surface area contributed by atoms with Crippen molar-refractivity contribution in [2.45, 2.75) is 58.5 Å². The molecule has 6 aromatic rings. The molecule has 3 N–H and O–H groups in total. The Hall–Kier alpha value is -6.16. The molecule has 10 nitrogen and oxygen atoms in total. The second-order valence-corrected chi connectivity index (χ2v) is 13.5. The van der Waals surface area contributed by atoms with E-state index in [2.05, 4.69) is 88.5 Å². The molecule has 2 amide bonds. The lowest BCUT2D eigenvalue weighted by Gasteiger charge is -2.16. The van der Waals surface area contributed by atoms with Crippen molar-refractivity contribution >= 4 is 67.4 Å². The highest BCUT2D eigenvalue weighted by molar-refractivity contribution is 6.09. The summed E-state index contributed by atoms with van der Waals surface area (Å²) in [7, 11) is 4.07. The number of aryl methyl sites for hydroxylation is 2. The first-order valence-corrected chi connectivity index (χ1v) is 18.0. The maximum absolute atomic E-state index is 12.2. The lowest BCUT2D eigenvalue weighted by molar-refractivity contribution is -0.147. The van der Waals surface area contributed by atoms with Crippen LogP contribution in [0.25, 0.3) is 43.6 Å². The fourth-order valence-corrected chi connectivity index (χ4v) is 7.06. The molecule has 0 fully saturated rings. The summed E-state index contributed by atoms with van der Waals surface area (Å²) in [6.07, 6.45) is 6.03. The fraction of sp³-hybridized carbons (Fsp3) is 0.273. The van der Waals surface area contributed by atoms with Crippen molar-refractivity contribution in [3.63, 3.8) is 0 Å². The summed E-state index contributed by atoms with van der Waals surface area (Å²) in [6, 6.07) is 23.3. The van der Waals surface area contributed by atoms with E-state index in [9.17, 15) is 24.3 Å². The van der Waals surface area contributed by atoms with Gasteiger partial charge in [0.2, 0.25) is 11.8 Å². The molecular weight excluding hydrogens is 681 g/mol. The largest absolute Gasteiger partial charge is 0.480 e. The number of fused-ring (bicyclic) bond motifs is 6. The van der Waals surface area contributed by atoms with Crippen LogP contribution in [0.4, 0.5) is 0 Å². The van der Waals surface area contributed by atoms with Crippen LogP contribution in [0.1, 0.15) is 43.0 Å². The van der Waals surface area contributed by atoms with Crippen LogP contribution in [-0.2, 0) is 63.7 Å². The predicted molar refractivity (Wildman–Crippen MR) is 216 cm³/mol. The van der Waals surface area contributed by atoms with Gasteiger partial charge in [0.05, 0.1) is 6.61 Å². The molecule has 2 aromatic heterocycles. The molecule has 2 heterocycles. The zero-order valence-electron chi connectivity index (χ0n) is 31.6. The molecule has 6 rings (SSSR count). The van der Waals surface area contributed by atoms with Crippen molar-refractivity contribution in [2.24, 2.45) is 14.1 Å². The Bertz CT molecular complexity index is 2400. The third-order valence-electron chi connectivity index (χ3n) is 9.53. The van der Waals surface area contributed by atoms with Gasteiger partial charge < -0.3 is 29.6 Å². The number of aromatic nitrogens is 2. The van der Waals surface area contributed by atoms with Crippen LogP contribution in [0.5, 0.6) is 0 Å². The van der Waals surface area contributed by atoms with Gasteiger partial charge in [0.25, 0.3) is 0 Å². The number of hydrogen-bond acceptors (Lipinski definition) is 5. The third-order valence-corrected chi connectivity index (χ3v) is 9.53. The number of carbonyl (C=O) groups excluding carboxylic acids is 3. The minimum Gasteiger partial charge on any atom is -0.480 e. The maximum atomic E-state index is 12.2. The van der Waals surface area contributed by atoms with E-state index >= 15 is 0 Å². The molecule has 0 radical (unpaired) electrons. The molecule has 10 heteroatoms. The Labute approximate surface area is 315 Å². The Balaban J connectivity index is 0.000000208. The summed E-state index contributed by atoms with van der Waals surface area (Å²) in [5.74, 6) is -2.05. The number of ether oxygens (including phenoxy) is 1. The number of carboxylic acids is 1. The Kier molecular flexibility index (Phi) is 12.4. The first-order chi connectivity index (χ1) is 25.8. The van der Waals surface area contributed by atoms with Gasteiger partial charge in [-0.3, -0.25) is 9.59 Å². The van der Waals surface area contributed by atoms with Gasteiger partial charge in [0.15, 0.2) is 0 Å². The highest BCUT2D eigenvalue weighted by atomic mass is 16.5. The number of nitrogens with zero attached hydrogens (tertiary/aromatic N) is 2. The zero-order chi connectivity index (χ0) is 39.1. The first kappa shape index (κ1) is 39.1. The maximum Gasteiger partial charge on any atom is 0.328 e. The summed E-state index contributed by atoms with van der Waals surface area (Å²) < 4.78 is 9.42. The second kappa shape index (κ2) is 17.1. The number of benzene rings is 4. The van der Waals surface area contributed by atoms with Crippen LogP contribution in [0, 0.1) is 0 Å². The van der Waals surface area contributed by atoms with Crippen LogP contribution in [0.15, 0.2) is 98.1 Å². The molecule has 4 aromatic carbocycles. The monoisotopic (exact) mass is 728 g/mol. The van der Waals surface area contributed by atoms with Crippen LogP contribution in [0.3, 0.4) is 0 Å². The summed E-state index contributed by atoms with van der Waals surface area (Å²) in [5.41, 5.74) is 8.74. The fourth-order valence-electron chi connectivity index (χ4n) is 7.06. The van der Waals surface area contributed by atoms with Crippen molar-refractivity contribution in [1.29, 1.82) is 0 Å². The average molecular weight is 729 g/mol. The Morgan fingerprint density at radius 1 is 0.648 bits per heavy atom. The van der Waals surface area contributed by atoms with Gasteiger partial charge in [-0.1, -0.05) is 36.4 Å². The van der Waals surface area contributed by atoms with Gasteiger partial charge >= 0.3 is 11.9 Å². The number of carbonyl (C=O) groups is 4. The van der Waals surface area contributed by atoms with E-state index in [1.807, 2.05) is 43.5 Å². The molecule has 0 spiro atoms. The molecule has 2 unspecified atom stereocenters. The van der Waals surface area contributed by atoms with Gasteiger partial charge in [0.1, 0.15) is 12.1 Å². The van der Waals surface area contributed by atoms with Crippen LogP contribution in [-0.4, -0.2) is 56.7 Å². The zero-order valence-corrected chi connectivity index (χ0v) is 31.6. The highest BCUT2D eigenvalue weighted by Gasteiger charge is 2.22. The number of hydrogen-bond donors (Lipinski definition) is 3. The minimum atomic E-state index is -1.04. The van der Waals surface area contributed by atoms with E-state index in [-0.39, 0.29) is 24.8 Å². The molecule has 280 valence electrons. The topological polar surface area (TPSA) is 132 Å². The third kappa shape index (κ3) is 8.71. The van der Waals surface area contributed by atoms with Crippen molar-refractivity contribution < 1.29 is 29.0 Å². The number of amides is 2. The van der Waals surface area contributed by atoms with Crippen LogP contribution < -0.4 is 10.6 Å². The first-order valence-electron chi connectivity index (χ1n) is 18.0. The summed E-state index contributed by atoms with van der Waals surface area (Å²) in [4.78, 5) is 46.4. The van der Waals surface area contributed by atoms with Gasteiger partial charge in [-0.2, -0.15) is 0 Å². The van der Waals surface area contributed by atoms with Crippen molar-refractivity contribution in [3.05, 3.63) is 120 Å². The van der Waals surface area contributed by atoms with Gasteiger partial charge in [-0.25, -0.2) is 9.59 Å². The summed E-state index contributed by atoms with van der Waals surface area (Å²) in [6.45, 7) is 12.4. The Morgan fingerprint density at radius 2 is 1.00 bits per heavy atom. The number of allylic oxidation sites excluding steroid dienone is 2. The van der Waals surface area contributed by atoms with Crippen molar-refractivity contribution in [1.82, 2.24) is 19.8 Å². The number of esters is 1. The Morgan fingerprint density at radius 3 is 1.35 bits per heavy atom. The predicted octanol–water partition coefficient (Wildman–Crippen LogP) is 6.86. The highest BCUT2D eigenvalue weighted by Crippen LogP contribution is 2.32. The smallest absolute Gasteiger partial charge is 0.328 e.